The van der Waals surface area contributed by atoms with E-state index in [1.807, 2.05) is 61.7 Å². The van der Waals surface area contributed by atoms with Crippen LogP contribution >= 0.6 is 0 Å². The molecule has 1 unspecified atom stereocenters. The average Bonchev–Trinajstić information content (AvgIpc) is 3.54. The molecular formula is C44H40N5O4+. The van der Waals surface area contributed by atoms with Crippen molar-refractivity contribution in [3.05, 3.63) is 120 Å². The van der Waals surface area contributed by atoms with E-state index in [9.17, 15) is 14.7 Å². The molecule has 2 aliphatic carbocycles. The van der Waals surface area contributed by atoms with E-state index in [-0.39, 0.29) is 17.6 Å². The first-order valence-corrected chi connectivity index (χ1v) is 18.1. The van der Waals surface area contributed by atoms with Crippen LogP contribution in [0.25, 0.3) is 10.8 Å². The predicted molar refractivity (Wildman–Crippen MR) is 211 cm³/mol. The first-order valence-electron chi connectivity index (χ1n) is 18.1. The number of likely N-dealkylation sites (N-methyl/N-ethyl adjacent to an activating group) is 1. The molecule has 53 heavy (non-hydrogen) atoms. The molecule has 3 aliphatic heterocycles. The Hall–Kier alpha value is -6.22. The number of allylic oxidation sites excluding steroid dienone is 5. The van der Waals surface area contributed by atoms with E-state index >= 15 is 0 Å². The number of aliphatic imine (C=N–C) groups is 1. The van der Waals surface area contributed by atoms with Crippen molar-refractivity contribution >= 4 is 62.4 Å². The van der Waals surface area contributed by atoms with Crippen molar-refractivity contribution in [2.75, 3.05) is 35.3 Å². The van der Waals surface area contributed by atoms with Gasteiger partial charge in [-0.05, 0) is 81.0 Å². The highest BCUT2D eigenvalue weighted by Gasteiger charge is 2.63. The second-order valence-electron chi connectivity index (χ2n) is 14.8. The lowest BCUT2D eigenvalue weighted by atomic mass is 9.56. The molecule has 4 aromatic carbocycles. The van der Waals surface area contributed by atoms with E-state index < -0.39 is 10.8 Å². The predicted octanol–water partition coefficient (Wildman–Crippen LogP) is 8.59. The summed E-state index contributed by atoms with van der Waals surface area (Å²) in [4.78, 5) is 37.8. The zero-order valence-corrected chi connectivity index (χ0v) is 30.6. The summed E-state index contributed by atoms with van der Waals surface area (Å²) < 4.78 is 7.79. The molecule has 264 valence electrons. The summed E-state index contributed by atoms with van der Waals surface area (Å²) in [5.74, 6) is 0.819. The van der Waals surface area contributed by atoms with Crippen molar-refractivity contribution in [3.63, 3.8) is 0 Å². The van der Waals surface area contributed by atoms with Crippen LogP contribution in [0.15, 0.2) is 119 Å². The van der Waals surface area contributed by atoms with Crippen molar-refractivity contribution in [1.82, 2.24) is 0 Å². The van der Waals surface area contributed by atoms with Gasteiger partial charge in [-0.25, -0.2) is 14.6 Å². The summed E-state index contributed by atoms with van der Waals surface area (Å²) in [5, 5.41) is 15.6. The number of nitrogens with zero attached hydrogens (tertiary/aromatic N) is 4. The van der Waals surface area contributed by atoms with Crippen molar-refractivity contribution in [2.24, 2.45) is 10.4 Å². The Labute approximate surface area is 308 Å². The van der Waals surface area contributed by atoms with Crippen molar-refractivity contribution in [1.29, 1.82) is 0 Å². The van der Waals surface area contributed by atoms with Crippen LogP contribution in [-0.4, -0.2) is 53.1 Å². The van der Waals surface area contributed by atoms with Crippen LogP contribution in [0.2, 0.25) is 0 Å². The van der Waals surface area contributed by atoms with Gasteiger partial charge in [-0.2, -0.15) is 0 Å². The molecule has 4 aromatic rings. The quantitative estimate of drug-likeness (QED) is 0.110. The van der Waals surface area contributed by atoms with Crippen LogP contribution in [-0.2, 0) is 15.0 Å². The van der Waals surface area contributed by atoms with Crippen molar-refractivity contribution < 1.29 is 24.0 Å². The first kappa shape index (κ1) is 32.7. The number of fused-ring (bicyclic) bond motifs is 7. The van der Waals surface area contributed by atoms with Gasteiger partial charge in [0.2, 0.25) is 5.71 Å². The number of benzene rings is 4. The Morgan fingerprint density at radius 3 is 2.40 bits per heavy atom. The van der Waals surface area contributed by atoms with Gasteiger partial charge in [-0.15, -0.1) is 0 Å². The van der Waals surface area contributed by atoms with E-state index in [0.717, 1.165) is 57.9 Å². The lowest BCUT2D eigenvalue weighted by molar-refractivity contribution is -0.369. The number of nitrogens with one attached hydrogen (secondary N) is 1. The summed E-state index contributed by atoms with van der Waals surface area (Å²) in [6.07, 6.45) is 9.09. The minimum absolute atomic E-state index is 0.134. The van der Waals surface area contributed by atoms with E-state index in [0.29, 0.717) is 39.8 Å². The number of phenols is 1. The van der Waals surface area contributed by atoms with Crippen LogP contribution in [0.1, 0.15) is 40.2 Å². The van der Waals surface area contributed by atoms with Gasteiger partial charge < -0.3 is 25.0 Å². The largest absolute Gasteiger partial charge is 0.508 e. The number of amides is 2. The second-order valence-corrected chi connectivity index (χ2v) is 14.8. The summed E-state index contributed by atoms with van der Waals surface area (Å²) in [7, 11) is 2.03. The van der Waals surface area contributed by atoms with Gasteiger partial charge >= 0.3 is 11.8 Å². The van der Waals surface area contributed by atoms with Crippen LogP contribution in [0.3, 0.4) is 0 Å². The molecule has 3 heterocycles. The molecular weight excluding hydrogens is 663 g/mol. The van der Waals surface area contributed by atoms with Gasteiger partial charge in [-0.3, -0.25) is 0 Å². The van der Waals surface area contributed by atoms with Crippen molar-refractivity contribution in [2.45, 2.75) is 40.0 Å². The third kappa shape index (κ3) is 4.49. The number of aromatic hydroxyl groups is 1. The number of phenolic OH excluding ortho intramolecular Hbond substituents is 1. The normalized spacial score (nSPS) is 20.5. The van der Waals surface area contributed by atoms with Gasteiger partial charge in [0.25, 0.3) is 0 Å². The second kappa shape index (κ2) is 11.4. The first-order chi connectivity index (χ1) is 25.5. The molecule has 9 rings (SSSR count). The molecule has 2 N–H and O–H groups in total. The number of hydrogen-bond acceptors (Lipinski definition) is 8. The summed E-state index contributed by atoms with van der Waals surface area (Å²) in [6.45, 7) is 12.3. The van der Waals surface area contributed by atoms with Crippen LogP contribution in [0.4, 0.5) is 28.4 Å². The maximum absolute atomic E-state index is 14.3. The standard InChI is InChI=1S/C44H39N5O4/c1-7-48(8-2)27-17-20-33-36(21-27)53-37-24-34(29-19-18-28(50)22-30(29)40(37)46-33)45-25-13-15-26(16-14-25)49-41(51)31-23-38-44(5,43(3,4)39(31)42(49)52)32-11-9-10-12-35(32)47(38)6/h9-24H,7-8H2,1-6H3,(H,45,50)/p+1. The Kier molecular flexibility index (Phi) is 7.02. The molecule has 2 amide bonds. The number of imide groups is 1. The molecule has 0 fully saturated rings. The van der Waals surface area contributed by atoms with Gasteiger partial charge in [0.05, 0.1) is 28.3 Å². The summed E-state index contributed by atoms with van der Waals surface area (Å²) in [5.41, 5.74) is 7.53. The number of hydrogen-bond donors (Lipinski definition) is 2. The topological polar surface area (TPSA) is 97.5 Å². The smallest absolute Gasteiger partial charge is 0.429 e. The third-order valence-corrected chi connectivity index (χ3v) is 11.9. The Balaban J connectivity index is 1.06. The molecule has 5 aliphatic rings. The van der Waals surface area contributed by atoms with E-state index in [2.05, 4.69) is 67.9 Å². The van der Waals surface area contributed by atoms with E-state index in [1.165, 1.54) is 4.58 Å². The average molecular weight is 703 g/mol. The molecule has 0 radical (unpaired) electrons. The molecule has 9 heteroatoms. The molecule has 9 nitrogen and oxygen atoms in total. The number of para-hydroxylation sites is 1. The Bertz CT molecular complexity index is 2530. The highest BCUT2D eigenvalue weighted by atomic mass is 16.5. The van der Waals surface area contributed by atoms with Crippen LogP contribution < -0.4 is 19.9 Å². The van der Waals surface area contributed by atoms with Gasteiger partial charge in [0.15, 0.2) is 11.5 Å². The van der Waals surface area contributed by atoms with Crippen LogP contribution in [0.5, 0.6) is 17.2 Å². The lowest BCUT2D eigenvalue weighted by Gasteiger charge is -2.45. The van der Waals surface area contributed by atoms with Crippen molar-refractivity contribution in [3.8, 4) is 17.2 Å². The maximum Gasteiger partial charge on any atom is 0.429 e. The third-order valence-electron chi connectivity index (χ3n) is 11.9. The number of ether oxygens (including phenoxy) is 1. The molecule has 0 spiro atoms. The monoisotopic (exact) mass is 702 g/mol. The fourth-order valence-electron chi connectivity index (χ4n) is 8.82. The van der Waals surface area contributed by atoms with Crippen LogP contribution in [0, 0.1) is 5.41 Å². The summed E-state index contributed by atoms with van der Waals surface area (Å²) >= 11 is 0. The molecule has 0 saturated carbocycles. The fourth-order valence-corrected chi connectivity index (χ4v) is 8.82. The molecule has 1 atom stereocenters. The molecule has 0 bridgehead atoms. The lowest BCUT2D eigenvalue weighted by Crippen LogP contribution is -2.46. The number of anilines is 4. The maximum atomic E-state index is 14.3. The zero-order valence-electron chi connectivity index (χ0n) is 30.6. The van der Waals surface area contributed by atoms with Gasteiger partial charge in [0, 0.05) is 83.1 Å². The highest BCUT2D eigenvalue weighted by Crippen LogP contribution is 2.62. The number of carbonyl (C=O) groups excluding carboxylic acids is 2. The molecule has 0 saturated heterocycles. The SMILES string of the molecule is CCN(CC)c1ccc2c(c1)Oc1cc(N=C3C=CC(=[N+]4C(=O)C5=C(C4=O)C(C)(C)C4(C)C(=C5)N(C)c5ccccc54)C=C3)c3ccc(O)cc3c1N2. The van der Waals surface area contributed by atoms with Gasteiger partial charge in [-0.1, -0.05) is 36.6 Å². The summed E-state index contributed by atoms with van der Waals surface area (Å²) in [6, 6.07) is 21.5. The number of carbonyl (C=O) groups is 2. The number of rotatable bonds is 4. The Morgan fingerprint density at radius 2 is 1.64 bits per heavy atom. The minimum Gasteiger partial charge on any atom is -0.508 e. The fraction of sp³-hybridized carbons (Fsp3) is 0.227. The highest BCUT2D eigenvalue weighted by molar-refractivity contribution is 6.24. The van der Waals surface area contributed by atoms with E-state index in [1.54, 1.807) is 24.3 Å². The minimum atomic E-state index is -0.656. The van der Waals surface area contributed by atoms with Gasteiger partial charge in [0.1, 0.15) is 11.3 Å². The zero-order chi connectivity index (χ0) is 37.0. The van der Waals surface area contributed by atoms with E-state index in [4.69, 9.17) is 9.73 Å². The molecule has 0 aromatic heterocycles. The Morgan fingerprint density at radius 1 is 0.887 bits per heavy atom.